The van der Waals surface area contributed by atoms with Crippen LogP contribution in [0.2, 0.25) is 0 Å². The highest BCUT2D eigenvalue weighted by Crippen LogP contribution is 2.06. The van der Waals surface area contributed by atoms with Crippen LogP contribution in [0.5, 0.6) is 0 Å². The number of hydrogen-bond donors (Lipinski definition) is 2. The standard InChI is InChI=1S/C11H14N4/c1-9-4-2-3-5-10(9)6-12-7-11-13-8-14-15-11/h2-5,8,12H,6-7H2,1H3,(H,13,14,15). The van der Waals surface area contributed by atoms with Crippen LogP contribution in [-0.4, -0.2) is 15.2 Å². The summed E-state index contributed by atoms with van der Waals surface area (Å²) in [5.74, 6) is 0.864. The van der Waals surface area contributed by atoms with E-state index < -0.39 is 0 Å². The monoisotopic (exact) mass is 202 g/mol. The molecule has 0 unspecified atom stereocenters. The predicted octanol–water partition coefficient (Wildman–Crippen LogP) is 1.40. The number of nitrogens with one attached hydrogen (secondary N) is 2. The molecular formula is C11H14N4. The van der Waals surface area contributed by atoms with Gasteiger partial charge in [-0.3, -0.25) is 5.10 Å². The molecule has 4 nitrogen and oxygen atoms in total. The molecule has 0 fully saturated rings. The average Bonchev–Trinajstić information content (AvgIpc) is 2.74. The van der Waals surface area contributed by atoms with Crippen molar-refractivity contribution in [3.63, 3.8) is 0 Å². The quantitative estimate of drug-likeness (QED) is 0.788. The van der Waals surface area contributed by atoms with E-state index in [4.69, 9.17) is 0 Å². The molecule has 0 bridgehead atoms. The van der Waals surface area contributed by atoms with Crippen molar-refractivity contribution in [3.05, 3.63) is 47.5 Å². The summed E-state index contributed by atoms with van der Waals surface area (Å²) < 4.78 is 0. The van der Waals surface area contributed by atoms with E-state index in [1.807, 2.05) is 0 Å². The van der Waals surface area contributed by atoms with E-state index in [0.717, 1.165) is 12.4 Å². The molecule has 78 valence electrons. The Bertz CT molecular complexity index is 408. The Kier molecular flexibility index (Phi) is 3.09. The van der Waals surface area contributed by atoms with Gasteiger partial charge < -0.3 is 5.32 Å². The van der Waals surface area contributed by atoms with E-state index in [1.54, 1.807) is 0 Å². The fourth-order valence-electron chi connectivity index (χ4n) is 1.44. The van der Waals surface area contributed by atoms with Crippen LogP contribution in [-0.2, 0) is 13.1 Å². The predicted molar refractivity (Wildman–Crippen MR) is 58.1 cm³/mol. The van der Waals surface area contributed by atoms with Crippen LogP contribution in [0.4, 0.5) is 0 Å². The van der Waals surface area contributed by atoms with Gasteiger partial charge in [0.2, 0.25) is 0 Å². The first-order valence-corrected chi connectivity index (χ1v) is 4.96. The van der Waals surface area contributed by atoms with Gasteiger partial charge in [-0.15, -0.1) is 0 Å². The third-order valence-electron chi connectivity index (χ3n) is 2.33. The molecule has 0 amide bonds. The molecule has 0 radical (unpaired) electrons. The number of H-pyrrole nitrogens is 1. The number of nitrogens with zero attached hydrogens (tertiary/aromatic N) is 2. The highest BCUT2D eigenvalue weighted by Gasteiger charge is 1.97. The van der Waals surface area contributed by atoms with Crippen molar-refractivity contribution in [2.45, 2.75) is 20.0 Å². The van der Waals surface area contributed by atoms with Crippen molar-refractivity contribution in [3.8, 4) is 0 Å². The Hall–Kier alpha value is -1.68. The van der Waals surface area contributed by atoms with Gasteiger partial charge in [-0.2, -0.15) is 5.10 Å². The maximum Gasteiger partial charge on any atom is 0.138 e. The number of hydrogen-bond acceptors (Lipinski definition) is 3. The summed E-state index contributed by atoms with van der Waals surface area (Å²) in [4.78, 5) is 4.04. The van der Waals surface area contributed by atoms with Crippen molar-refractivity contribution in [1.29, 1.82) is 0 Å². The fourth-order valence-corrected chi connectivity index (χ4v) is 1.44. The second kappa shape index (κ2) is 4.70. The van der Waals surface area contributed by atoms with E-state index >= 15 is 0 Å². The number of benzene rings is 1. The molecular weight excluding hydrogens is 188 g/mol. The smallest absolute Gasteiger partial charge is 0.138 e. The van der Waals surface area contributed by atoms with Gasteiger partial charge in [0.1, 0.15) is 12.2 Å². The van der Waals surface area contributed by atoms with Crippen molar-refractivity contribution in [2.24, 2.45) is 0 Å². The molecule has 2 N–H and O–H groups in total. The zero-order valence-electron chi connectivity index (χ0n) is 8.70. The molecule has 0 spiro atoms. The highest BCUT2D eigenvalue weighted by molar-refractivity contribution is 5.25. The number of aromatic nitrogens is 3. The molecule has 15 heavy (non-hydrogen) atoms. The SMILES string of the molecule is Cc1ccccc1CNCc1ncn[nH]1. The van der Waals surface area contributed by atoms with Crippen LogP contribution in [0.25, 0.3) is 0 Å². The molecule has 1 aromatic heterocycles. The van der Waals surface area contributed by atoms with Crippen molar-refractivity contribution in [2.75, 3.05) is 0 Å². The average molecular weight is 202 g/mol. The van der Waals surface area contributed by atoms with E-state index in [1.165, 1.54) is 17.5 Å². The minimum Gasteiger partial charge on any atom is -0.306 e. The molecule has 2 rings (SSSR count). The largest absolute Gasteiger partial charge is 0.306 e. The molecule has 4 heteroatoms. The van der Waals surface area contributed by atoms with Gasteiger partial charge in [0.15, 0.2) is 0 Å². The van der Waals surface area contributed by atoms with Crippen LogP contribution in [0.3, 0.4) is 0 Å². The Morgan fingerprint density at radius 2 is 2.13 bits per heavy atom. The lowest BCUT2D eigenvalue weighted by molar-refractivity contribution is 0.662. The van der Waals surface area contributed by atoms with Gasteiger partial charge in [0, 0.05) is 6.54 Å². The topological polar surface area (TPSA) is 53.6 Å². The zero-order chi connectivity index (χ0) is 10.5. The Morgan fingerprint density at radius 1 is 1.27 bits per heavy atom. The first kappa shape index (κ1) is 9.86. The maximum absolute atomic E-state index is 4.04. The van der Waals surface area contributed by atoms with Crippen molar-refractivity contribution >= 4 is 0 Å². The van der Waals surface area contributed by atoms with E-state index in [-0.39, 0.29) is 0 Å². The van der Waals surface area contributed by atoms with E-state index in [2.05, 4.69) is 51.7 Å². The van der Waals surface area contributed by atoms with Gasteiger partial charge >= 0.3 is 0 Å². The normalized spacial score (nSPS) is 10.5. The van der Waals surface area contributed by atoms with Gasteiger partial charge in [-0.25, -0.2) is 4.98 Å². The minimum absolute atomic E-state index is 0.717. The van der Waals surface area contributed by atoms with Gasteiger partial charge in [0.05, 0.1) is 6.54 Å². The Morgan fingerprint density at radius 3 is 2.87 bits per heavy atom. The lowest BCUT2D eigenvalue weighted by Crippen LogP contribution is -2.14. The molecule has 0 saturated carbocycles. The first-order chi connectivity index (χ1) is 7.36. The first-order valence-electron chi connectivity index (χ1n) is 4.96. The summed E-state index contributed by atoms with van der Waals surface area (Å²) in [5, 5.41) is 9.91. The van der Waals surface area contributed by atoms with E-state index in [9.17, 15) is 0 Å². The molecule has 2 aromatic rings. The van der Waals surface area contributed by atoms with Crippen molar-refractivity contribution in [1.82, 2.24) is 20.5 Å². The molecule has 0 aliphatic rings. The summed E-state index contributed by atoms with van der Waals surface area (Å²) in [6.07, 6.45) is 1.52. The maximum atomic E-state index is 4.04. The van der Waals surface area contributed by atoms with Gasteiger partial charge in [0.25, 0.3) is 0 Å². The van der Waals surface area contributed by atoms with Crippen LogP contribution in [0.15, 0.2) is 30.6 Å². The molecule has 0 aliphatic heterocycles. The lowest BCUT2D eigenvalue weighted by atomic mass is 10.1. The van der Waals surface area contributed by atoms with Crippen LogP contribution >= 0.6 is 0 Å². The second-order valence-corrected chi connectivity index (χ2v) is 3.46. The van der Waals surface area contributed by atoms with Crippen LogP contribution in [0.1, 0.15) is 17.0 Å². The Balaban J connectivity index is 1.86. The fraction of sp³-hybridized carbons (Fsp3) is 0.273. The van der Waals surface area contributed by atoms with Gasteiger partial charge in [-0.1, -0.05) is 24.3 Å². The summed E-state index contributed by atoms with van der Waals surface area (Å²) in [6, 6.07) is 8.35. The molecule has 0 aliphatic carbocycles. The Labute approximate surface area is 88.8 Å². The summed E-state index contributed by atoms with van der Waals surface area (Å²) in [5.41, 5.74) is 2.62. The van der Waals surface area contributed by atoms with Gasteiger partial charge in [-0.05, 0) is 18.1 Å². The van der Waals surface area contributed by atoms with Crippen LogP contribution in [0, 0.1) is 6.92 Å². The molecule has 0 saturated heterocycles. The van der Waals surface area contributed by atoms with E-state index in [0.29, 0.717) is 6.54 Å². The van der Waals surface area contributed by atoms with Crippen molar-refractivity contribution < 1.29 is 0 Å². The highest BCUT2D eigenvalue weighted by atomic mass is 15.2. The zero-order valence-corrected chi connectivity index (χ0v) is 8.70. The molecule has 1 aromatic carbocycles. The minimum atomic E-state index is 0.717. The number of aromatic amines is 1. The molecule has 1 heterocycles. The summed E-state index contributed by atoms with van der Waals surface area (Å²) >= 11 is 0. The second-order valence-electron chi connectivity index (χ2n) is 3.46. The number of aryl methyl sites for hydroxylation is 1. The third-order valence-corrected chi connectivity index (χ3v) is 2.33. The lowest BCUT2D eigenvalue weighted by Gasteiger charge is -2.05. The number of rotatable bonds is 4. The summed E-state index contributed by atoms with van der Waals surface area (Å²) in [6.45, 7) is 3.69. The molecule has 0 atom stereocenters. The summed E-state index contributed by atoms with van der Waals surface area (Å²) in [7, 11) is 0. The third kappa shape index (κ3) is 2.63. The van der Waals surface area contributed by atoms with Crippen LogP contribution < -0.4 is 5.32 Å².